The summed E-state index contributed by atoms with van der Waals surface area (Å²) in [5, 5.41) is 2.86. The molecule has 0 heterocycles. The van der Waals surface area contributed by atoms with Gasteiger partial charge in [-0.3, -0.25) is 4.79 Å². The lowest BCUT2D eigenvalue weighted by molar-refractivity contribution is 0.102. The first-order valence-electron chi connectivity index (χ1n) is 5.62. The Morgan fingerprint density at radius 1 is 1.20 bits per heavy atom. The smallest absolute Gasteiger partial charge is 0.255 e. The lowest BCUT2D eigenvalue weighted by atomic mass is 10.2. The monoisotopic (exact) mass is 313 g/mol. The number of rotatable bonds is 3. The maximum Gasteiger partial charge on any atom is 0.255 e. The molecular formula is C14H10Cl2FNO2. The molecule has 0 unspecified atom stereocenters. The topological polar surface area (TPSA) is 38.3 Å². The molecule has 0 radical (unpaired) electrons. The van der Waals surface area contributed by atoms with Crippen LogP contribution in [0.4, 0.5) is 10.1 Å². The zero-order valence-electron chi connectivity index (χ0n) is 10.4. The highest BCUT2D eigenvalue weighted by molar-refractivity contribution is 6.37. The van der Waals surface area contributed by atoms with E-state index < -0.39 is 11.7 Å². The Morgan fingerprint density at radius 2 is 1.80 bits per heavy atom. The summed E-state index contributed by atoms with van der Waals surface area (Å²) in [7, 11) is 1.42. The highest BCUT2D eigenvalue weighted by Gasteiger charge is 2.14. The van der Waals surface area contributed by atoms with Crippen LogP contribution < -0.4 is 10.1 Å². The minimum atomic E-state index is -0.522. The summed E-state index contributed by atoms with van der Waals surface area (Å²) in [5.74, 6) is -0.746. The maximum atomic E-state index is 13.5. The van der Waals surface area contributed by atoms with Crippen LogP contribution in [0.25, 0.3) is 0 Å². The Morgan fingerprint density at radius 3 is 2.35 bits per heavy atom. The summed E-state index contributed by atoms with van der Waals surface area (Å²) in [6, 6.07) is 8.67. The summed E-state index contributed by atoms with van der Waals surface area (Å²) < 4.78 is 18.4. The molecule has 0 atom stereocenters. The molecule has 0 saturated heterocycles. The van der Waals surface area contributed by atoms with E-state index >= 15 is 0 Å². The SMILES string of the molecule is COc1c(Cl)cc(C(=O)Nc2ccccc2F)cc1Cl. The quantitative estimate of drug-likeness (QED) is 0.912. The maximum absolute atomic E-state index is 13.5. The number of ether oxygens (including phenoxy) is 1. The number of benzene rings is 2. The molecule has 0 fully saturated rings. The summed E-state index contributed by atoms with van der Waals surface area (Å²) >= 11 is 11.9. The van der Waals surface area contributed by atoms with Gasteiger partial charge in [0, 0.05) is 5.56 Å². The Kier molecular flexibility index (Phi) is 4.47. The fourth-order valence-corrected chi connectivity index (χ4v) is 2.28. The zero-order valence-corrected chi connectivity index (χ0v) is 11.9. The van der Waals surface area contributed by atoms with Gasteiger partial charge in [0.25, 0.3) is 5.91 Å². The number of amides is 1. The van der Waals surface area contributed by atoms with E-state index in [-0.39, 0.29) is 27.0 Å². The third kappa shape index (κ3) is 3.03. The minimum Gasteiger partial charge on any atom is -0.494 e. The molecular weight excluding hydrogens is 304 g/mol. The number of carbonyl (C=O) groups is 1. The minimum absolute atomic E-state index is 0.0839. The average molecular weight is 314 g/mol. The lowest BCUT2D eigenvalue weighted by Crippen LogP contribution is -2.13. The van der Waals surface area contributed by atoms with Gasteiger partial charge in [-0.05, 0) is 24.3 Å². The molecule has 6 heteroatoms. The van der Waals surface area contributed by atoms with Crippen LogP contribution in [0.2, 0.25) is 10.0 Å². The first-order chi connectivity index (χ1) is 9.52. The van der Waals surface area contributed by atoms with Crippen molar-refractivity contribution in [2.24, 2.45) is 0 Å². The molecule has 0 aromatic heterocycles. The number of halogens is 3. The van der Waals surface area contributed by atoms with E-state index in [1.165, 1.54) is 37.4 Å². The van der Waals surface area contributed by atoms with E-state index in [0.29, 0.717) is 0 Å². The highest BCUT2D eigenvalue weighted by Crippen LogP contribution is 2.34. The van der Waals surface area contributed by atoms with Crippen molar-refractivity contribution in [2.45, 2.75) is 0 Å². The van der Waals surface area contributed by atoms with Gasteiger partial charge in [0.1, 0.15) is 5.82 Å². The van der Waals surface area contributed by atoms with Crippen LogP contribution >= 0.6 is 23.2 Å². The van der Waals surface area contributed by atoms with Crippen molar-refractivity contribution in [2.75, 3.05) is 12.4 Å². The molecule has 1 amide bonds. The van der Waals surface area contributed by atoms with Crippen molar-refractivity contribution in [3.8, 4) is 5.75 Å². The highest BCUT2D eigenvalue weighted by atomic mass is 35.5. The predicted octanol–water partition coefficient (Wildman–Crippen LogP) is 4.39. The summed E-state index contributed by atoms with van der Waals surface area (Å²) in [6.07, 6.45) is 0. The van der Waals surface area contributed by atoms with E-state index in [2.05, 4.69) is 5.32 Å². The van der Waals surface area contributed by atoms with Crippen LogP contribution in [0.15, 0.2) is 36.4 Å². The van der Waals surface area contributed by atoms with Crippen molar-refractivity contribution in [1.29, 1.82) is 0 Å². The molecule has 2 rings (SSSR count). The molecule has 1 N–H and O–H groups in total. The second-order valence-corrected chi connectivity index (χ2v) is 4.72. The second-order valence-electron chi connectivity index (χ2n) is 3.91. The van der Waals surface area contributed by atoms with E-state index in [9.17, 15) is 9.18 Å². The Labute approximate surface area is 125 Å². The van der Waals surface area contributed by atoms with Gasteiger partial charge >= 0.3 is 0 Å². The number of para-hydroxylation sites is 1. The predicted molar refractivity (Wildman–Crippen MR) is 77.4 cm³/mol. The average Bonchev–Trinajstić information content (AvgIpc) is 2.41. The molecule has 2 aromatic rings. The standard InChI is InChI=1S/C14H10Cl2FNO2/c1-20-13-9(15)6-8(7-10(13)16)14(19)18-12-5-3-2-4-11(12)17/h2-7H,1H3,(H,18,19). The van der Waals surface area contributed by atoms with Gasteiger partial charge in [-0.1, -0.05) is 35.3 Å². The molecule has 3 nitrogen and oxygen atoms in total. The molecule has 0 aliphatic rings. The molecule has 0 aliphatic heterocycles. The van der Waals surface area contributed by atoms with Crippen molar-refractivity contribution >= 4 is 34.8 Å². The van der Waals surface area contributed by atoms with Gasteiger partial charge in [-0.2, -0.15) is 0 Å². The van der Waals surface area contributed by atoms with E-state index in [0.717, 1.165) is 0 Å². The number of methoxy groups -OCH3 is 1. The van der Waals surface area contributed by atoms with Crippen molar-refractivity contribution in [3.05, 3.63) is 57.8 Å². The summed E-state index contributed by atoms with van der Waals surface area (Å²) in [4.78, 5) is 12.0. The number of anilines is 1. The number of hydrogen-bond acceptors (Lipinski definition) is 2. The van der Waals surface area contributed by atoms with Crippen molar-refractivity contribution in [1.82, 2.24) is 0 Å². The summed E-state index contributed by atoms with van der Waals surface area (Å²) in [6.45, 7) is 0. The molecule has 104 valence electrons. The Balaban J connectivity index is 2.29. The zero-order chi connectivity index (χ0) is 14.7. The van der Waals surface area contributed by atoms with Crippen molar-refractivity contribution in [3.63, 3.8) is 0 Å². The fourth-order valence-electron chi connectivity index (χ4n) is 1.64. The molecule has 0 bridgehead atoms. The molecule has 20 heavy (non-hydrogen) atoms. The Hall–Kier alpha value is -1.78. The van der Waals surface area contributed by atoms with Crippen LogP contribution in [0.5, 0.6) is 5.75 Å². The third-order valence-corrected chi connectivity index (χ3v) is 3.15. The first-order valence-corrected chi connectivity index (χ1v) is 6.37. The number of nitrogens with one attached hydrogen (secondary N) is 1. The van der Waals surface area contributed by atoms with Gasteiger partial charge in [-0.25, -0.2) is 4.39 Å². The number of hydrogen-bond donors (Lipinski definition) is 1. The van der Waals surface area contributed by atoms with Gasteiger partial charge in [0.2, 0.25) is 0 Å². The van der Waals surface area contributed by atoms with Crippen molar-refractivity contribution < 1.29 is 13.9 Å². The molecule has 0 aliphatic carbocycles. The van der Waals surface area contributed by atoms with Crippen LogP contribution in [0.1, 0.15) is 10.4 Å². The summed E-state index contributed by atoms with van der Waals surface area (Å²) in [5.41, 5.74) is 0.296. The van der Waals surface area contributed by atoms with Crippen LogP contribution in [-0.2, 0) is 0 Å². The molecule has 0 saturated carbocycles. The molecule has 2 aromatic carbocycles. The van der Waals surface area contributed by atoms with Gasteiger partial charge in [0.05, 0.1) is 22.8 Å². The van der Waals surface area contributed by atoms with Gasteiger partial charge in [0.15, 0.2) is 5.75 Å². The Bertz CT molecular complexity index is 638. The fraction of sp³-hybridized carbons (Fsp3) is 0.0714. The van der Waals surface area contributed by atoms with Crippen LogP contribution in [0.3, 0.4) is 0 Å². The first kappa shape index (κ1) is 14.6. The normalized spacial score (nSPS) is 10.2. The van der Waals surface area contributed by atoms with Crippen LogP contribution in [-0.4, -0.2) is 13.0 Å². The van der Waals surface area contributed by atoms with Crippen LogP contribution in [0, 0.1) is 5.82 Å². The van der Waals surface area contributed by atoms with Gasteiger partial charge < -0.3 is 10.1 Å². The molecule has 0 spiro atoms. The van der Waals surface area contributed by atoms with E-state index in [1.807, 2.05) is 0 Å². The lowest BCUT2D eigenvalue weighted by Gasteiger charge is -2.10. The second kappa shape index (κ2) is 6.11. The third-order valence-electron chi connectivity index (χ3n) is 2.59. The van der Waals surface area contributed by atoms with E-state index in [4.69, 9.17) is 27.9 Å². The van der Waals surface area contributed by atoms with Gasteiger partial charge in [-0.15, -0.1) is 0 Å². The largest absolute Gasteiger partial charge is 0.494 e. The van der Waals surface area contributed by atoms with E-state index in [1.54, 1.807) is 6.07 Å². The number of carbonyl (C=O) groups excluding carboxylic acids is 1.